The summed E-state index contributed by atoms with van der Waals surface area (Å²) >= 11 is 0. The van der Waals surface area contributed by atoms with Gasteiger partial charge in [-0.25, -0.2) is 9.59 Å². The molecule has 0 saturated carbocycles. The van der Waals surface area contributed by atoms with E-state index in [9.17, 15) is 9.59 Å². The van der Waals surface area contributed by atoms with Crippen LogP contribution >= 0.6 is 0 Å². The number of nitrogens with zero attached hydrogens (tertiary/aromatic N) is 1. The van der Waals surface area contributed by atoms with E-state index in [1.807, 2.05) is 30.3 Å². The van der Waals surface area contributed by atoms with E-state index in [2.05, 4.69) is 10.3 Å². The lowest BCUT2D eigenvalue weighted by molar-refractivity contribution is 0.0698. The summed E-state index contributed by atoms with van der Waals surface area (Å²) in [5, 5.41) is 12.3. The molecule has 0 saturated heterocycles. The summed E-state index contributed by atoms with van der Waals surface area (Å²) < 4.78 is 5.13. The average molecular weight is 322 g/mol. The van der Waals surface area contributed by atoms with Crippen molar-refractivity contribution in [3.05, 3.63) is 71.9 Å². The van der Waals surface area contributed by atoms with E-state index in [0.29, 0.717) is 16.6 Å². The van der Waals surface area contributed by atoms with Crippen LogP contribution < -0.4 is 5.32 Å². The predicted molar refractivity (Wildman–Crippen MR) is 89.0 cm³/mol. The predicted octanol–water partition coefficient (Wildman–Crippen LogP) is 3.68. The molecule has 0 radical (unpaired) electrons. The number of benzene rings is 2. The number of hydrogen-bond donors (Lipinski definition) is 2. The number of aromatic nitrogens is 1. The molecule has 0 aliphatic heterocycles. The van der Waals surface area contributed by atoms with Crippen LogP contribution in [0.5, 0.6) is 0 Å². The van der Waals surface area contributed by atoms with Gasteiger partial charge in [0.05, 0.1) is 23.0 Å². The first-order valence-corrected chi connectivity index (χ1v) is 7.23. The van der Waals surface area contributed by atoms with Crippen molar-refractivity contribution in [2.24, 2.45) is 0 Å². The largest absolute Gasteiger partial charge is 0.478 e. The van der Waals surface area contributed by atoms with Gasteiger partial charge in [-0.05, 0) is 17.7 Å². The molecule has 0 spiro atoms. The lowest BCUT2D eigenvalue weighted by Crippen LogP contribution is -2.13. The maximum Gasteiger partial charge on any atom is 0.412 e. The Bertz CT molecular complexity index is 894. The zero-order valence-electron chi connectivity index (χ0n) is 12.6. The Kier molecular flexibility index (Phi) is 4.38. The Balaban J connectivity index is 1.71. The number of carboxylic acid groups (broad SMARTS) is 1. The summed E-state index contributed by atoms with van der Waals surface area (Å²) in [4.78, 5) is 27.1. The zero-order chi connectivity index (χ0) is 16.9. The van der Waals surface area contributed by atoms with E-state index in [1.54, 1.807) is 18.2 Å². The molecule has 1 amide bonds. The number of anilines is 1. The second-order valence-corrected chi connectivity index (χ2v) is 5.09. The molecule has 2 aromatic carbocycles. The van der Waals surface area contributed by atoms with E-state index in [4.69, 9.17) is 9.84 Å². The molecule has 0 unspecified atom stereocenters. The lowest BCUT2D eigenvalue weighted by atomic mass is 10.1. The SMILES string of the molecule is O=C(Nc1cnc2c(C(=O)O)cccc2c1)OCc1ccccc1. The number of amides is 1. The summed E-state index contributed by atoms with van der Waals surface area (Å²) in [6.45, 7) is 0.164. The van der Waals surface area contributed by atoms with Gasteiger partial charge >= 0.3 is 12.1 Å². The van der Waals surface area contributed by atoms with Gasteiger partial charge < -0.3 is 9.84 Å². The molecule has 24 heavy (non-hydrogen) atoms. The first-order valence-electron chi connectivity index (χ1n) is 7.23. The van der Waals surface area contributed by atoms with E-state index >= 15 is 0 Å². The molecule has 1 aromatic heterocycles. The van der Waals surface area contributed by atoms with Crippen molar-refractivity contribution in [2.45, 2.75) is 6.61 Å². The number of nitrogens with one attached hydrogen (secondary N) is 1. The van der Waals surface area contributed by atoms with Gasteiger partial charge in [0.15, 0.2) is 0 Å². The van der Waals surface area contributed by atoms with Gasteiger partial charge in [-0.2, -0.15) is 0 Å². The third-order valence-corrected chi connectivity index (χ3v) is 3.40. The highest BCUT2D eigenvalue weighted by molar-refractivity contribution is 6.02. The molecule has 0 bridgehead atoms. The summed E-state index contributed by atoms with van der Waals surface area (Å²) in [6.07, 6.45) is 0.799. The molecular weight excluding hydrogens is 308 g/mol. The summed E-state index contributed by atoms with van der Waals surface area (Å²) in [5.74, 6) is -1.05. The molecule has 3 rings (SSSR count). The molecule has 0 aliphatic carbocycles. The molecule has 2 N–H and O–H groups in total. The fourth-order valence-electron chi connectivity index (χ4n) is 2.28. The monoisotopic (exact) mass is 322 g/mol. The van der Waals surface area contributed by atoms with Crippen LogP contribution in [-0.2, 0) is 11.3 Å². The minimum atomic E-state index is -1.05. The van der Waals surface area contributed by atoms with Crippen molar-refractivity contribution >= 4 is 28.7 Å². The Labute approximate surface area is 137 Å². The Morgan fingerprint density at radius 3 is 2.62 bits per heavy atom. The van der Waals surface area contributed by atoms with Crippen molar-refractivity contribution in [3.63, 3.8) is 0 Å². The third kappa shape index (κ3) is 3.49. The highest BCUT2D eigenvalue weighted by atomic mass is 16.5. The topological polar surface area (TPSA) is 88.5 Å². The van der Waals surface area contributed by atoms with Crippen molar-refractivity contribution in [1.82, 2.24) is 4.98 Å². The smallest absolute Gasteiger partial charge is 0.412 e. The number of carboxylic acids is 1. The minimum Gasteiger partial charge on any atom is -0.478 e. The number of para-hydroxylation sites is 1. The number of ether oxygens (including phenoxy) is 1. The minimum absolute atomic E-state index is 0.116. The normalized spacial score (nSPS) is 10.3. The number of carbonyl (C=O) groups excluding carboxylic acids is 1. The van der Waals surface area contributed by atoms with Crippen molar-refractivity contribution in [1.29, 1.82) is 0 Å². The van der Waals surface area contributed by atoms with Crippen molar-refractivity contribution in [3.8, 4) is 0 Å². The summed E-state index contributed by atoms with van der Waals surface area (Å²) in [6, 6.07) is 15.8. The summed E-state index contributed by atoms with van der Waals surface area (Å²) in [5.41, 5.74) is 1.80. The fraction of sp³-hybridized carbons (Fsp3) is 0.0556. The Morgan fingerprint density at radius 1 is 1.08 bits per heavy atom. The zero-order valence-corrected chi connectivity index (χ0v) is 12.6. The van der Waals surface area contributed by atoms with Crippen LogP contribution in [0, 0.1) is 0 Å². The Morgan fingerprint density at radius 2 is 1.88 bits per heavy atom. The molecule has 0 aliphatic rings. The van der Waals surface area contributed by atoms with E-state index < -0.39 is 12.1 Å². The highest BCUT2D eigenvalue weighted by Crippen LogP contribution is 2.20. The third-order valence-electron chi connectivity index (χ3n) is 3.40. The molecule has 1 heterocycles. The van der Waals surface area contributed by atoms with Gasteiger partial charge in [0.2, 0.25) is 0 Å². The second kappa shape index (κ2) is 6.78. The quantitative estimate of drug-likeness (QED) is 0.765. The molecule has 6 heteroatoms. The molecular formula is C18H14N2O4. The van der Waals surface area contributed by atoms with Crippen molar-refractivity contribution < 1.29 is 19.4 Å². The fourth-order valence-corrected chi connectivity index (χ4v) is 2.28. The average Bonchev–Trinajstić information content (AvgIpc) is 2.60. The van der Waals surface area contributed by atoms with Gasteiger partial charge in [-0.1, -0.05) is 42.5 Å². The van der Waals surface area contributed by atoms with Gasteiger partial charge in [0.25, 0.3) is 0 Å². The van der Waals surface area contributed by atoms with E-state index in [0.717, 1.165) is 5.56 Å². The van der Waals surface area contributed by atoms with Crippen LogP contribution in [0.2, 0.25) is 0 Å². The van der Waals surface area contributed by atoms with Gasteiger partial charge in [-0.3, -0.25) is 10.3 Å². The van der Waals surface area contributed by atoms with E-state index in [1.165, 1.54) is 12.3 Å². The number of pyridine rings is 1. The number of rotatable bonds is 4. The number of fused-ring (bicyclic) bond motifs is 1. The molecule has 0 atom stereocenters. The first kappa shape index (κ1) is 15.5. The maximum absolute atomic E-state index is 11.8. The van der Waals surface area contributed by atoms with Gasteiger partial charge in [0, 0.05) is 5.39 Å². The highest BCUT2D eigenvalue weighted by Gasteiger charge is 2.11. The molecule has 6 nitrogen and oxygen atoms in total. The van der Waals surface area contributed by atoms with Gasteiger partial charge in [-0.15, -0.1) is 0 Å². The standard InChI is InChI=1S/C18H14N2O4/c21-17(22)15-8-4-7-13-9-14(10-19-16(13)15)20-18(23)24-11-12-5-2-1-3-6-12/h1-10H,11H2,(H,20,23)(H,21,22). The Hall–Kier alpha value is -3.41. The van der Waals surface area contributed by atoms with Crippen LogP contribution in [0.4, 0.5) is 10.5 Å². The van der Waals surface area contributed by atoms with Crippen LogP contribution in [0.1, 0.15) is 15.9 Å². The van der Waals surface area contributed by atoms with Crippen LogP contribution in [0.25, 0.3) is 10.9 Å². The molecule has 3 aromatic rings. The first-order chi connectivity index (χ1) is 11.6. The van der Waals surface area contributed by atoms with Crippen LogP contribution in [0.3, 0.4) is 0 Å². The number of carbonyl (C=O) groups is 2. The summed E-state index contributed by atoms with van der Waals surface area (Å²) in [7, 11) is 0. The maximum atomic E-state index is 11.8. The van der Waals surface area contributed by atoms with Crippen LogP contribution in [-0.4, -0.2) is 22.2 Å². The van der Waals surface area contributed by atoms with Crippen LogP contribution in [0.15, 0.2) is 60.8 Å². The van der Waals surface area contributed by atoms with Crippen molar-refractivity contribution in [2.75, 3.05) is 5.32 Å². The second-order valence-electron chi connectivity index (χ2n) is 5.09. The lowest BCUT2D eigenvalue weighted by Gasteiger charge is -2.08. The van der Waals surface area contributed by atoms with E-state index in [-0.39, 0.29) is 12.2 Å². The van der Waals surface area contributed by atoms with Gasteiger partial charge in [0.1, 0.15) is 6.61 Å². The number of aromatic carboxylic acids is 1. The molecule has 120 valence electrons. The molecule has 0 fully saturated rings. The number of hydrogen-bond acceptors (Lipinski definition) is 4.